The topological polar surface area (TPSA) is 0 Å². The summed E-state index contributed by atoms with van der Waals surface area (Å²) in [6, 6.07) is 7.60. The highest BCUT2D eigenvalue weighted by Crippen LogP contribution is 2.46. The molecule has 102 valence electrons. The third-order valence-electron chi connectivity index (χ3n) is 2.47. The molecule has 1 unspecified atom stereocenters. The third-order valence-corrected chi connectivity index (χ3v) is 6.87. The van der Waals surface area contributed by atoms with E-state index in [1.165, 1.54) is 0 Å². The van der Waals surface area contributed by atoms with Gasteiger partial charge in [-0.2, -0.15) is 13.2 Å². The van der Waals surface area contributed by atoms with E-state index in [1.807, 2.05) is 24.3 Å². The van der Waals surface area contributed by atoms with Gasteiger partial charge in [-0.1, -0.05) is 34.1 Å². The second-order valence-corrected chi connectivity index (χ2v) is 7.49. The van der Waals surface area contributed by atoms with E-state index < -0.39 is 11.7 Å². The van der Waals surface area contributed by atoms with Crippen LogP contribution in [0.4, 0.5) is 13.2 Å². The first-order chi connectivity index (χ1) is 8.82. The van der Waals surface area contributed by atoms with Crippen LogP contribution < -0.4 is 0 Å². The number of benzene rings is 1. The van der Waals surface area contributed by atoms with E-state index in [9.17, 15) is 13.2 Å². The maximum absolute atomic E-state index is 12.8. The van der Waals surface area contributed by atoms with Crippen LogP contribution in [0.3, 0.4) is 0 Å². The molecule has 0 bridgehead atoms. The van der Waals surface area contributed by atoms with Crippen molar-refractivity contribution in [3.8, 4) is 0 Å². The summed E-state index contributed by atoms with van der Waals surface area (Å²) >= 11 is 9.82. The van der Waals surface area contributed by atoms with Crippen molar-refractivity contribution in [2.45, 2.75) is 11.0 Å². The second kappa shape index (κ2) is 6.03. The number of hydrogen-bond acceptors (Lipinski definition) is 1. The van der Waals surface area contributed by atoms with Crippen molar-refractivity contribution >= 4 is 65.8 Å². The van der Waals surface area contributed by atoms with Crippen molar-refractivity contribution in [2.75, 3.05) is 0 Å². The number of halogens is 6. The zero-order valence-corrected chi connectivity index (χ0v) is 15.3. The first-order valence-corrected chi connectivity index (χ1v) is 8.71. The highest BCUT2D eigenvalue weighted by molar-refractivity contribution is 14.1. The van der Waals surface area contributed by atoms with Gasteiger partial charge in [0, 0.05) is 18.3 Å². The summed E-state index contributed by atoms with van der Waals surface area (Å²) in [6.45, 7) is 0. The molecule has 0 amide bonds. The Kier molecular flexibility index (Phi) is 5.01. The zero-order valence-electron chi connectivity index (χ0n) is 9.14. The summed E-state index contributed by atoms with van der Waals surface area (Å²) in [7, 11) is 0. The summed E-state index contributed by atoms with van der Waals surface area (Å²) in [6.07, 6.45) is -4.33. The maximum Gasteiger partial charge on any atom is 0.418 e. The van der Waals surface area contributed by atoms with E-state index in [4.69, 9.17) is 0 Å². The second-order valence-electron chi connectivity index (χ2n) is 3.71. The van der Waals surface area contributed by atoms with Crippen molar-refractivity contribution in [3.05, 3.63) is 53.7 Å². The van der Waals surface area contributed by atoms with Crippen LogP contribution in [-0.2, 0) is 6.18 Å². The van der Waals surface area contributed by atoms with Crippen molar-refractivity contribution in [1.82, 2.24) is 0 Å². The Bertz CT molecular complexity index is 595. The highest BCUT2D eigenvalue weighted by Gasteiger charge is 2.36. The van der Waals surface area contributed by atoms with Gasteiger partial charge in [0.2, 0.25) is 0 Å². The van der Waals surface area contributed by atoms with Gasteiger partial charge in [0.15, 0.2) is 0 Å². The van der Waals surface area contributed by atoms with E-state index in [2.05, 4.69) is 54.5 Å². The fraction of sp³-hybridized carbons (Fsp3) is 0.167. The Balaban J connectivity index is 2.44. The van der Waals surface area contributed by atoms with Crippen molar-refractivity contribution in [1.29, 1.82) is 0 Å². The molecule has 1 heterocycles. The standard InChI is InChI=1S/C12H6Br2F3IS/c13-9(6-3-1-2-4-8(6)18)11-10(14)7(5-19-11)12(15,16)17/h1-5,9H. The summed E-state index contributed by atoms with van der Waals surface area (Å²) in [5.74, 6) is 0. The molecule has 0 aliphatic rings. The summed E-state index contributed by atoms with van der Waals surface area (Å²) in [5.41, 5.74) is 0.335. The Morgan fingerprint density at radius 1 is 1.21 bits per heavy atom. The molecule has 0 saturated carbocycles. The first-order valence-electron chi connectivity index (χ1n) is 5.05. The number of thiophene rings is 1. The summed E-state index contributed by atoms with van der Waals surface area (Å²) < 4.78 is 39.4. The van der Waals surface area contributed by atoms with Gasteiger partial charge < -0.3 is 0 Å². The van der Waals surface area contributed by atoms with Gasteiger partial charge in [0.25, 0.3) is 0 Å². The van der Waals surface area contributed by atoms with Crippen LogP contribution in [0, 0.1) is 3.57 Å². The molecule has 0 radical (unpaired) electrons. The Hall–Kier alpha value is 0.400. The van der Waals surface area contributed by atoms with E-state index in [0.717, 1.165) is 25.9 Å². The molecule has 0 nitrogen and oxygen atoms in total. The first kappa shape index (κ1) is 15.8. The fourth-order valence-corrected chi connectivity index (χ4v) is 5.88. The molecular weight excluding hydrogens is 520 g/mol. The van der Waals surface area contributed by atoms with Gasteiger partial charge in [0.05, 0.1) is 10.4 Å². The third kappa shape index (κ3) is 3.36. The van der Waals surface area contributed by atoms with Crippen LogP contribution in [0.2, 0.25) is 0 Å². The molecule has 1 atom stereocenters. The van der Waals surface area contributed by atoms with Crippen LogP contribution in [-0.4, -0.2) is 0 Å². The van der Waals surface area contributed by atoms with Gasteiger partial charge in [-0.05, 0) is 50.2 Å². The van der Waals surface area contributed by atoms with Crippen LogP contribution in [0.15, 0.2) is 34.1 Å². The van der Waals surface area contributed by atoms with Crippen LogP contribution in [0.1, 0.15) is 20.8 Å². The SMILES string of the molecule is FC(F)(F)c1csc(C(Br)c2ccccc2I)c1Br. The minimum Gasteiger partial charge on any atom is -0.166 e. The lowest BCUT2D eigenvalue weighted by Gasteiger charge is -2.12. The predicted octanol–water partition coefficient (Wildman–Crippen LogP) is 6.62. The van der Waals surface area contributed by atoms with Crippen LogP contribution >= 0.6 is 65.8 Å². The van der Waals surface area contributed by atoms with Gasteiger partial charge in [-0.3, -0.25) is 0 Å². The molecule has 1 aromatic heterocycles. The molecule has 0 spiro atoms. The molecule has 19 heavy (non-hydrogen) atoms. The summed E-state index contributed by atoms with van der Waals surface area (Å²) in [4.78, 5) is 0.368. The van der Waals surface area contributed by atoms with Crippen LogP contribution in [0.25, 0.3) is 0 Å². The van der Waals surface area contributed by atoms with E-state index in [0.29, 0.717) is 4.88 Å². The average molecular weight is 526 g/mol. The number of rotatable bonds is 2. The fourth-order valence-electron chi connectivity index (χ4n) is 1.54. The molecule has 0 aliphatic carbocycles. The van der Waals surface area contributed by atoms with Gasteiger partial charge in [-0.25, -0.2) is 0 Å². The smallest absolute Gasteiger partial charge is 0.166 e. The van der Waals surface area contributed by atoms with Gasteiger partial charge in [0.1, 0.15) is 0 Å². The van der Waals surface area contributed by atoms with Gasteiger partial charge in [-0.15, -0.1) is 11.3 Å². The van der Waals surface area contributed by atoms with Crippen molar-refractivity contribution in [2.24, 2.45) is 0 Å². The largest absolute Gasteiger partial charge is 0.418 e. The Labute approximate surface area is 142 Å². The number of alkyl halides is 4. The molecule has 0 fully saturated rings. The minimum atomic E-state index is -4.33. The lowest BCUT2D eigenvalue weighted by molar-refractivity contribution is -0.137. The normalized spacial score (nSPS) is 13.6. The van der Waals surface area contributed by atoms with E-state index >= 15 is 0 Å². The zero-order chi connectivity index (χ0) is 14.2. The lowest BCUT2D eigenvalue weighted by Crippen LogP contribution is -2.04. The molecule has 0 aliphatic heterocycles. The lowest BCUT2D eigenvalue weighted by atomic mass is 10.1. The van der Waals surface area contributed by atoms with E-state index in [-0.39, 0.29) is 9.30 Å². The monoisotopic (exact) mass is 524 g/mol. The molecule has 0 N–H and O–H groups in total. The quantitative estimate of drug-likeness (QED) is 0.305. The molecule has 7 heteroatoms. The average Bonchev–Trinajstić information content (AvgIpc) is 2.70. The number of hydrogen-bond donors (Lipinski definition) is 0. The molecule has 1 aromatic carbocycles. The van der Waals surface area contributed by atoms with Gasteiger partial charge >= 0.3 is 6.18 Å². The highest BCUT2D eigenvalue weighted by atomic mass is 127. The molecular formula is C12H6Br2F3IS. The predicted molar refractivity (Wildman–Crippen MR) is 87.0 cm³/mol. The van der Waals surface area contributed by atoms with Crippen molar-refractivity contribution in [3.63, 3.8) is 0 Å². The molecule has 2 rings (SSSR count). The maximum atomic E-state index is 12.8. The summed E-state index contributed by atoms with van der Waals surface area (Å²) in [5, 5.41) is 1.14. The molecule has 2 aromatic rings. The minimum absolute atomic E-state index is 0.117. The van der Waals surface area contributed by atoms with E-state index in [1.54, 1.807) is 0 Å². The Morgan fingerprint density at radius 2 is 1.84 bits per heavy atom. The van der Waals surface area contributed by atoms with Crippen molar-refractivity contribution < 1.29 is 13.2 Å². The Morgan fingerprint density at radius 3 is 2.37 bits per heavy atom. The van der Waals surface area contributed by atoms with Crippen LogP contribution in [0.5, 0.6) is 0 Å². The molecule has 0 saturated heterocycles.